The van der Waals surface area contributed by atoms with E-state index in [0.717, 1.165) is 0 Å². The normalized spacial score (nSPS) is 25.5. The molecule has 5 nitrogen and oxygen atoms in total. The lowest BCUT2D eigenvalue weighted by molar-refractivity contribution is 0.202. The number of carbonyl (C=O) groups is 1. The number of carbonyl (C=O) groups excluding carboxylic acids is 1. The number of nitrogens with two attached hydrogens (primary N) is 1. The number of hydrogen-bond donors (Lipinski definition) is 1. The number of sulfone groups is 1. The highest BCUT2D eigenvalue weighted by molar-refractivity contribution is 7.92. The van der Waals surface area contributed by atoms with Crippen molar-refractivity contribution in [3.8, 4) is 0 Å². The molecule has 0 bridgehead atoms. The van der Waals surface area contributed by atoms with Crippen molar-refractivity contribution in [2.75, 3.05) is 18.8 Å². The zero-order chi connectivity index (χ0) is 10.3. The Morgan fingerprint density at radius 1 is 1.46 bits per heavy atom. The molecule has 76 valence electrons. The van der Waals surface area contributed by atoms with Gasteiger partial charge in [-0.05, 0) is 13.8 Å². The molecular weight excluding hydrogens is 192 g/mol. The second-order valence-electron chi connectivity index (χ2n) is 3.84. The van der Waals surface area contributed by atoms with Crippen LogP contribution in [0.15, 0.2) is 0 Å². The van der Waals surface area contributed by atoms with Gasteiger partial charge in [0.2, 0.25) is 0 Å². The maximum absolute atomic E-state index is 11.5. The summed E-state index contributed by atoms with van der Waals surface area (Å²) in [5.41, 5.74) is 5.07. The number of urea groups is 1. The van der Waals surface area contributed by atoms with Crippen molar-refractivity contribution in [3.63, 3.8) is 0 Å². The number of rotatable bonds is 0. The largest absolute Gasteiger partial charge is 0.351 e. The van der Waals surface area contributed by atoms with E-state index in [1.54, 1.807) is 13.8 Å². The third-order valence-electron chi connectivity index (χ3n) is 2.36. The van der Waals surface area contributed by atoms with Gasteiger partial charge in [0.1, 0.15) is 0 Å². The van der Waals surface area contributed by atoms with Crippen LogP contribution in [0.4, 0.5) is 4.79 Å². The Balaban J connectivity index is 2.89. The number of amides is 2. The molecule has 0 radical (unpaired) electrons. The van der Waals surface area contributed by atoms with Gasteiger partial charge in [0.05, 0.1) is 10.5 Å². The first-order chi connectivity index (χ1) is 5.76. The number of primary amides is 1. The smallest absolute Gasteiger partial charge is 0.314 e. The quantitative estimate of drug-likeness (QED) is 0.584. The van der Waals surface area contributed by atoms with Gasteiger partial charge in [0, 0.05) is 13.1 Å². The number of hydrogen-bond acceptors (Lipinski definition) is 3. The summed E-state index contributed by atoms with van der Waals surface area (Å²) in [5.74, 6) is 0.00292. The second-order valence-corrected chi connectivity index (χ2v) is 6.58. The van der Waals surface area contributed by atoms with E-state index in [4.69, 9.17) is 5.73 Å². The van der Waals surface area contributed by atoms with Crippen molar-refractivity contribution in [2.45, 2.75) is 18.6 Å². The van der Waals surface area contributed by atoms with Crippen molar-refractivity contribution in [1.29, 1.82) is 0 Å². The fourth-order valence-electron chi connectivity index (χ4n) is 1.33. The maximum atomic E-state index is 11.5. The molecule has 1 saturated heterocycles. The fourth-order valence-corrected chi connectivity index (χ4v) is 2.70. The highest BCUT2D eigenvalue weighted by atomic mass is 32.2. The van der Waals surface area contributed by atoms with Crippen molar-refractivity contribution >= 4 is 15.9 Å². The van der Waals surface area contributed by atoms with Crippen molar-refractivity contribution in [1.82, 2.24) is 4.90 Å². The molecule has 0 aromatic heterocycles. The minimum absolute atomic E-state index is 0.00292. The van der Waals surface area contributed by atoms with E-state index in [1.807, 2.05) is 0 Å². The minimum atomic E-state index is -3.08. The topological polar surface area (TPSA) is 80.5 Å². The lowest BCUT2D eigenvalue weighted by atomic mass is 10.2. The van der Waals surface area contributed by atoms with Crippen molar-refractivity contribution in [3.05, 3.63) is 0 Å². The van der Waals surface area contributed by atoms with Gasteiger partial charge < -0.3 is 10.6 Å². The summed E-state index contributed by atoms with van der Waals surface area (Å²) >= 11 is 0. The molecule has 0 saturated carbocycles. The van der Waals surface area contributed by atoms with Crippen molar-refractivity contribution < 1.29 is 13.2 Å². The van der Waals surface area contributed by atoms with Crippen LogP contribution in [-0.2, 0) is 9.84 Å². The molecule has 0 atom stereocenters. The fraction of sp³-hybridized carbons (Fsp3) is 0.857. The van der Waals surface area contributed by atoms with Gasteiger partial charge in [0.15, 0.2) is 9.84 Å². The lowest BCUT2D eigenvalue weighted by Gasteiger charge is -2.36. The zero-order valence-corrected chi connectivity index (χ0v) is 8.60. The Bertz CT molecular complexity index is 321. The summed E-state index contributed by atoms with van der Waals surface area (Å²) in [4.78, 5) is 12.2. The molecular formula is C7H14N2O3S. The Kier molecular flexibility index (Phi) is 2.27. The second kappa shape index (κ2) is 2.87. The molecule has 1 heterocycles. The highest BCUT2D eigenvalue weighted by Crippen LogP contribution is 2.23. The van der Waals surface area contributed by atoms with Crippen LogP contribution in [0.2, 0.25) is 0 Å². The summed E-state index contributed by atoms with van der Waals surface area (Å²) in [7, 11) is -3.08. The van der Waals surface area contributed by atoms with Gasteiger partial charge in [-0.15, -0.1) is 0 Å². The van der Waals surface area contributed by atoms with Gasteiger partial charge in [-0.2, -0.15) is 0 Å². The van der Waals surface area contributed by atoms with Crippen LogP contribution in [-0.4, -0.2) is 42.9 Å². The predicted octanol–water partition coefficient (Wildman–Crippen LogP) is -0.426. The van der Waals surface area contributed by atoms with E-state index in [-0.39, 0.29) is 18.8 Å². The van der Waals surface area contributed by atoms with Gasteiger partial charge >= 0.3 is 6.03 Å². The average Bonchev–Trinajstić information content (AvgIpc) is 1.94. The molecule has 6 heteroatoms. The van der Waals surface area contributed by atoms with E-state index in [2.05, 4.69) is 0 Å². The van der Waals surface area contributed by atoms with Gasteiger partial charge in [-0.1, -0.05) is 0 Å². The molecule has 0 aliphatic carbocycles. The van der Waals surface area contributed by atoms with E-state index >= 15 is 0 Å². The molecule has 0 aromatic rings. The predicted molar refractivity (Wildman–Crippen MR) is 49.0 cm³/mol. The third kappa shape index (κ3) is 1.77. The molecule has 0 spiro atoms. The SMILES string of the molecule is CC1(C)CN(C(N)=O)CCS1(=O)=O. The minimum Gasteiger partial charge on any atom is -0.351 e. The lowest BCUT2D eigenvalue weighted by Crippen LogP contribution is -2.55. The summed E-state index contributed by atoms with van der Waals surface area (Å²) in [6, 6.07) is -0.553. The van der Waals surface area contributed by atoms with Crippen LogP contribution in [0, 0.1) is 0 Å². The van der Waals surface area contributed by atoms with Crippen LogP contribution in [0.5, 0.6) is 0 Å². The monoisotopic (exact) mass is 206 g/mol. The summed E-state index contributed by atoms with van der Waals surface area (Å²) in [6.07, 6.45) is 0. The average molecular weight is 206 g/mol. The molecule has 2 amide bonds. The van der Waals surface area contributed by atoms with Crippen LogP contribution in [0.3, 0.4) is 0 Å². The highest BCUT2D eigenvalue weighted by Gasteiger charge is 2.40. The molecule has 1 rings (SSSR count). The zero-order valence-electron chi connectivity index (χ0n) is 7.78. The molecule has 0 unspecified atom stereocenters. The third-order valence-corrected chi connectivity index (χ3v) is 4.89. The first kappa shape index (κ1) is 10.3. The number of nitrogens with zero attached hydrogens (tertiary/aromatic N) is 1. The van der Waals surface area contributed by atoms with E-state index in [0.29, 0.717) is 0 Å². The Morgan fingerprint density at radius 3 is 2.38 bits per heavy atom. The summed E-state index contributed by atoms with van der Waals surface area (Å²) < 4.78 is 22.1. The Morgan fingerprint density at radius 2 is 2.00 bits per heavy atom. The standard InChI is InChI=1S/C7H14N2O3S/c1-7(2)5-9(6(8)10)3-4-13(7,11)12/h3-5H2,1-2H3,(H2,8,10). The van der Waals surface area contributed by atoms with Crippen LogP contribution < -0.4 is 5.73 Å². The molecule has 13 heavy (non-hydrogen) atoms. The van der Waals surface area contributed by atoms with Crippen molar-refractivity contribution in [2.24, 2.45) is 5.73 Å². The van der Waals surface area contributed by atoms with E-state index in [1.165, 1.54) is 4.90 Å². The molecule has 1 aliphatic rings. The van der Waals surface area contributed by atoms with Crippen LogP contribution in [0.25, 0.3) is 0 Å². The first-order valence-electron chi connectivity index (χ1n) is 4.03. The first-order valence-corrected chi connectivity index (χ1v) is 5.68. The van der Waals surface area contributed by atoms with Gasteiger partial charge in [0.25, 0.3) is 0 Å². The molecule has 0 aromatic carbocycles. The van der Waals surface area contributed by atoms with Crippen LogP contribution in [0.1, 0.15) is 13.8 Å². The summed E-state index contributed by atoms with van der Waals surface area (Å²) in [6.45, 7) is 3.61. The van der Waals surface area contributed by atoms with Gasteiger partial charge in [-0.25, -0.2) is 13.2 Å². The van der Waals surface area contributed by atoms with Gasteiger partial charge in [-0.3, -0.25) is 0 Å². The molecule has 2 N–H and O–H groups in total. The van der Waals surface area contributed by atoms with Crippen LogP contribution >= 0.6 is 0 Å². The molecule has 1 fully saturated rings. The Hall–Kier alpha value is -0.780. The maximum Gasteiger partial charge on any atom is 0.314 e. The van der Waals surface area contributed by atoms with E-state index in [9.17, 15) is 13.2 Å². The molecule has 1 aliphatic heterocycles. The summed E-state index contributed by atoms with van der Waals surface area (Å²) in [5, 5.41) is 0. The van der Waals surface area contributed by atoms with E-state index < -0.39 is 20.6 Å². The Labute approximate surface area is 77.8 Å².